The smallest absolute Gasteiger partial charge is 0.243 e. The van der Waals surface area contributed by atoms with Gasteiger partial charge in [0.05, 0.1) is 6.54 Å². The number of carbonyl (C=O) groups excluding carboxylic acids is 2. The number of halogens is 1. The molecule has 0 aliphatic rings. The number of amides is 2. The molecule has 0 saturated heterocycles. The first kappa shape index (κ1) is 18.8. The van der Waals surface area contributed by atoms with Crippen LogP contribution in [0.2, 0.25) is 5.02 Å². The molecule has 2 rings (SSSR count). The van der Waals surface area contributed by atoms with Crippen LogP contribution in [-0.4, -0.2) is 18.4 Å². The lowest BCUT2D eigenvalue weighted by atomic mass is 10.2. The molecule has 0 saturated carbocycles. The first-order valence-electron chi connectivity index (χ1n) is 8.06. The maximum absolute atomic E-state index is 12.0. The molecule has 2 aromatic rings. The summed E-state index contributed by atoms with van der Waals surface area (Å²) in [5, 5.41) is 9.28. The Morgan fingerprint density at radius 3 is 2.08 bits per heavy atom. The molecule has 0 heterocycles. The quantitative estimate of drug-likeness (QED) is 0.720. The largest absolute Gasteiger partial charge is 0.376 e. The highest BCUT2D eigenvalue weighted by molar-refractivity contribution is 6.31. The van der Waals surface area contributed by atoms with Crippen LogP contribution in [0.25, 0.3) is 0 Å². The van der Waals surface area contributed by atoms with Gasteiger partial charge in [-0.25, -0.2) is 0 Å². The molecule has 0 spiro atoms. The van der Waals surface area contributed by atoms with E-state index in [9.17, 15) is 9.59 Å². The number of hydrogen-bond acceptors (Lipinski definition) is 3. The van der Waals surface area contributed by atoms with Gasteiger partial charge in [-0.3, -0.25) is 9.59 Å². The lowest BCUT2D eigenvalue weighted by Crippen LogP contribution is -2.21. The van der Waals surface area contributed by atoms with Crippen LogP contribution >= 0.6 is 11.6 Å². The summed E-state index contributed by atoms with van der Waals surface area (Å²) in [4.78, 5) is 23.7. The van der Waals surface area contributed by atoms with E-state index in [1.54, 1.807) is 30.3 Å². The highest BCUT2D eigenvalue weighted by Gasteiger charge is 2.07. The summed E-state index contributed by atoms with van der Waals surface area (Å²) >= 11 is 6.06. The van der Waals surface area contributed by atoms with Crippen molar-refractivity contribution in [1.29, 1.82) is 0 Å². The summed E-state index contributed by atoms with van der Waals surface area (Å²) in [7, 11) is 0. The SMILES string of the molecule is Cc1ccc(NCC(=O)Nc2ccc(NC(=O)C(C)C)cc2)cc1Cl. The Hall–Kier alpha value is -2.53. The lowest BCUT2D eigenvalue weighted by Gasteiger charge is -2.10. The third-order valence-electron chi connectivity index (χ3n) is 3.59. The average Bonchev–Trinajstić information content (AvgIpc) is 2.57. The fourth-order valence-electron chi connectivity index (χ4n) is 2.01. The van der Waals surface area contributed by atoms with Gasteiger partial charge < -0.3 is 16.0 Å². The Kier molecular flexibility index (Phi) is 6.42. The normalized spacial score (nSPS) is 10.4. The monoisotopic (exact) mass is 359 g/mol. The molecular formula is C19H22ClN3O2. The first-order chi connectivity index (χ1) is 11.8. The van der Waals surface area contributed by atoms with Gasteiger partial charge in [0.2, 0.25) is 11.8 Å². The molecule has 0 fully saturated rings. The van der Waals surface area contributed by atoms with Crippen molar-refractivity contribution >= 4 is 40.5 Å². The lowest BCUT2D eigenvalue weighted by molar-refractivity contribution is -0.119. The van der Waals surface area contributed by atoms with Crippen molar-refractivity contribution in [2.75, 3.05) is 22.5 Å². The molecule has 6 heteroatoms. The number of rotatable bonds is 6. The van der Waals surface area contributed by atoms with Gasteiger partial charge in [-0.1, -0.05) is 31.5 Å². The summed E-state index contributed by atoms with van der Waals surface area (Å²) in [6, 6.07) is 12.6. The molecular weight excluding hydrogens is 338 g/mol. The van der Waals surface area contributed by atoms with Crippen LogP contribution in [-0.2, 0) is 9.59 Å². The zero-order valence-electron chi connectivity index (χ0n) is 14.5. The van der Waals surface area contributed by atoms with E-state index < -0.39 is 0 Å². The maximum Gasteiger partial charge on any atom is 0.243 e. The first-order valence-corrected chi connectivity index (χ1v) is 8.44. The molecule has 0 unspecified atom stereocenters. The van der Waals surface area contributed by atoms with E-state index >= 15 is 0 Å². The topological polar surface area (TPSA) is 70.2 Å². The van der Waals surface area contributed by atoms with E-state index in [0.29, 0.717) is 16.4 Å². The van der Waals surface area contributed by atoms with Crippen molar-refractivity contribution in [2.45, 2.75) is 20.8 Å². The average molecular weight is 360 g/mol. The van der Waals surface area contributed by atoms with Crippen LogP contribution in [0.5, 0.6) is 0 Å². The van der Waals surface area contributed by atoms with Crippen molar-refractivity contribution in [3.63, 3.8) is 0 Å². The van der Waals surface area contributed by atoms with E-state index in [-0.39, 0.29) is 24.3 Å². The summed E-state index contributed by atoms with van der Waals surface area (Å²) in [6.07, 6.45) is 0. The molecule has 0 aromatic heterocycles. The van der Waals surface area contributed by atoms with Crippen LogP contribution in [0.15, 0.2) is 42.5 Å². The second-order valence-electron chi connectivity index (χ2n) is 6.09. The van der Waals surface area contributed by atoms with Gasteiger partial charge in [0.15, 0.2) is 0 Å². The summed E-state index contributed by atoms with van der Waals surface area (Å²) < 4.78 is 0. The molecule has 25 heavy (non-hydrogen) atoms. The molecule has 132 valence electrons. The van der Waals surface area contributed by atoms with Crippen LogP contribution in [0, 0.1) is 12.8 Å². The standard InChI is InChI=1S/C19H22ClN3O2/c1-12(2)19(25)23-15-8-6-14(7-9-15)22-18(24)11-21-16-5-4-13(3)17(20)10-16/h4-10,12,21H,11H2,1-3H3,(H,22,24)(H,23,25). The second kappa shape index (κ2) is 8.53. The molecule has 0 aliphatic heterocycles. The van der Waals surface area contributed by atoms with E-state index in [0.717, 1.165) is 11.3 Å². The van der Waals surface area contributed by atoms with Crippen molar-refractivity contribution in [2.24, 2.45) is 5.92 Å². The number of nitrogens with one attached hydrogen (secondary N) is 3. The van der Waals surface area contributed by atoms with Gasteiger partial charge in [0.1, 0.15) is 0 Å². The van der Waals surface area contributed by atoms with E-state index in [1.165, 1.54) is 0 Å². The molecule has 3 N–H and O–H groups in total. The summed E-state index contributed by atoms with van der Waals surface area (Å²) in [5.74, 6) is -0.297. The predicted octanol–water partition coefficient (Wildman–Crippen LogP) is 4.29. The van der Waals surface area contributed by atoms with Crippen molar-refractivity contribution in [3.8, 4) is 0 Å². The molecule has 0 atom stereocenters. The fraction of sp³-hybridized carbons (Fsp3) is 0.263. The van der Waals surface area contributed by atoms with Crippen LogP contribution in [0.3, 0.4) is 0 Å². The molecule has 2 aromatic carbocycles. The van der Waals surface area contributed by atoms with E-state index in [4.69, 9.17) is 11.6 Å². The van der Waals surface area contributed by atoms with Gasteiger partial charge in [-0.15, -0.1) is 0 Å². The summed E-state index contributed by atoms with van der Waals surface area (Å²) in [5.41, 5.74) is 3.14. The molecule has 0 bridgehead atoms. The Balaban J connectivity index is 1.85. The molecule has 2 amide bonds. The number of carbonyl (C=O) groups is 2. The van der Waals surface area contributed by atoms with Crippen molar-refractivity contribution < 1.29 is 9.59 Å². The minimum Gasteiger partial charge on any atom is -0.376 e. The Bertz CT molecular complexity index is 758. The Labute approximate surface area is 152 Å². The van der Waals surface area contributed by atoms with E-state index in [1.807, 2.05) is 32.9 Å². The van der Waals surface area contributed by atoms with Gasteiger partial charge in [0, 0.05) is 28.0 Å². The Morgan fingerprint density at radius 2 is 1.52 bits per heavy atom. The van der Waals surface area contributed by atoms with Gasteiger partial charge >= 0.3 is 0 Å². The maximum atomic E-state index is 12.0. The highest BCUT2D eigenvalue weighted by Crippen LogP contribution is 2.20. The third-order valence-corrected chi connectivity index (χ3v) is 3.99. The van der Waals surface area contributed by atoms with Crippen LogP contribution in [0.4, 0.5) is 17.1 Å². The molecule has 5 nitrogen and oxygen atoms in total. The number of benzene rings is 2. The fourth-order valence-corrected chi connectivity index (χ4v) is 2.19. The zero-order valence-corrected chi connectivity index (χ0v) is 15.3. The van der Waals surface area contributed by atoms with Crippen LogP contribution in [0.1, 0.15) is 19.4 Å². The number of aryl methyl sites for hydroxylation is 1. The predicted molar refractivity (Wildman–Crippen MR) is 103 cm³/mol. The second-order valence-corrected chi connectivity index (χ2v) is 6.49. The number of anilines is 3. The zero-order chi connectivity index (χ0) is 18.4. The van der Waals surface area contributed by atoms with Gasteiger partial charge in [0.25, 0.3) is 0 Å². The number of hydrogen-bond donors (Lipinski definition) is 3. The van der Waals surface area contributed by atoms with Gasteiger partial charge in [-0.05, 0) is 48.9 Å². The third kappa shape index (κ3) is 5.80. The minimum atomic E-state index is -0.171. The Morgan fingerprint density at radius 1 is 0.960 bits per heavy atom. The molecule has 0 aliphatic carbocycles. The van der Waals surface area contributed by atoms with Crippen LogP contribution < -0.4 is 16.0 Å². The van der Waals surface area contributed by atoms with Crippen molar-refractivity contribution in [1.82, 2.24) is 0 Å². The summed E-state index contributed by atoms with van der Waals surface area (Å²) in [6.45, 7) is 5.72. The van der Waals surface area contributed by atoms with Crippen molar-refractivity contribution in [3.05, 3.63) is 53.1 Å². The van der Waals surface area contributed by atoms with E-state index in [2.05, 4.69) is 16.0 Å². The van der Waals surface area contributed by atoms with Gasteiger partial charge in [-0.2, -0.15) is 0 Å². The highest BCUT2D eigenvalue weighted by atomic mass is 35.5. The molecule has 0 radical (unpaired) electrons. The minimum absolute atomic E-state index is 0.0438.